The van der Waals surface area contributed by atoms with E-state index in [1.807, 2.05) is 0 Å². The molecule has 2 unspecified atom stereocenters. The molecule has 4 aliphatic rings. The fraction of sp³-hybridized carbons (Fsp3) is 1.00. The molecular weight excluding hydrogens is 158 g/mol. The molecule has 4 aliphatic carbocycles. The maximum absolute atomic E-state index is 13.9. The Bertz CT molecular complexity index is 200. The molecule has 0 N–H and O–H groups in total. The van der Waals surface area contributed by atoms with E-state index >= 15 is 0 Å². The van der Waals surface area contributed by atoms with Gasteiger partial charge in [-0.25, -0.2) is 8.78 Å². The van der Waals surface area contributed by atoms with Crippen molar-refractivity contribution in [1.82, 2.24) is 0 Å². The minimum absolute atomic E-state index is 0.0706. The number of hydrogen-bond donors (Lipinski definition) is 0. The average molecular weight is 172 g/mol. The molecule has 0 spiro atoms. The van der Waals surface area contributed by atoms with Gasteiger partial charge in [0.25, 0.3) is 0 Å². The zero-order chi connectivity index (χ0) is 8.34. The third kappa shape index (κ3) is 0.763. The molecule has 68 valence electrons. The van der Waals surface area contributed by atoms with Crippen molar-refractivity contribution in [2.75, 3.05) is 0 Å². The summed E-state index contributed by atoms with van der Waals surface area (Å²) in [6.45, 7) is 0. The molecule has 0 saturated heterocycles. The molecule has 0 aliphatic heterocycles. The molecular formula is C10H14F2. The molecule has 12 heavy (non-hydrogen) atoms. The van der Waals surface area contributed by atoms with Crippen molar-refractivity contribution in [3.05, 3.63) is 0 Å². The van der Waals surface area contributed by atoms with Gasteiger partial charge >= 0.3 is 0 Å². The second-order valence-corrected chi connectivity index (χ2v) is 5.04. The topological polar surface area (TPSA) is 0 Å². The van der Waals surface area contributed by atoms with Crippen LogP contribution in [0.4, 0.5) is 8.78 Å². The van der Waals surface area contributed by atoms with Gasteiger partial charge in [0.1, 0.15) is 11.8 Å². The van der Waals surface area contributed by atoms with Crippen LogP contribution in [0, 0.1) is 17.8 Å². The largest absolute Gasteiger partial charge is 0.244 e. The van der Waals surface area contributed by atoms with Gasteiger partial charge in [-0.1, -0.05) is 0 Å². The van der Waals surface area contributed by atoms with Crippen molar-refractivity contribution in [2.45, 2.75) is 43.9 Å². The smallest absolute Gasteiger partial charge is 0.142 e. The molecule has 0 radical (unpaired) electrons. The van der Waals surface area contributed by atoms with Crippen LogP contribution in [0.2, 0.25) is 0 Å². The third-order valence-electron chi connectivity index (χ3n) is 4.10. The van der Waals surface area contributed by atoms with Gasteiger partial charge in [-0.05, 0) is 49.9 Å². The Balaban J connectivity index is 1.97. The number of halogens is 2. The second-order valence-electron chi connectivity index (χ2n) is 5.04. The van der Waals surface area contributed by atoms with Gasteiger partial charge in [0.05, 0.1) is 0 Å². The van der Waals surface area contributed by atoms with E-state index < -0.39 is 11.8 Å². The Hall–Kier alpha value is -0.140. The molecule has 0 aromatic carbocycles. The lowest BCUT2D eigenvalue weighted by Crippen LogP contribution is -2.56. The summed E-state index contributed by atoms with van der Waals surface area (Å²) in [4.78, 5) is 0. The Morgan fingerprint density at radius 1 is 1.00 bits per heavy atom. The molecule has 4 bridgehead atoms. The van der Waals surface area contributed by atoms with Gasteiger partial charge in [-0.2, -0.15) is 0 Å². The van der Waals surface area contributed by atoms with Gasteiger partial charge in [0.2, 0.25) is 0 Å². The molecule has 5 atom stereocenters. The van der Waals surface area contributed by atoms with Crippen LogP contribution < -0.4 is 0 Å². The highest BCUT2D eigenvalue weighted by Crippen LogP contribution is 2.58. The van der Waals surface area contributed by atoms with Crippen molar-refractivity contribution in [2.24, 2.45) is 17.8 Å². The summed E-state index contributed by atoms with van der Waals surface area (Å²) in [5, 5.41) is 0. The number of rotatable bonds is 0. The third-order valence-corrected chi connectivity index (χ3v) is 4.10. The molecule has 4 saturated carbocycles. The maximum atomic E-state index is 13.9. The van der Waals surface area contributed by atoms with E-state index in [2.05, 4.69) is 0 Å². The van der Waals surface area contributed by atoms with Crippen molar-refractivity contribution in [1.29, 1.82) is 0 Å². The van der Waals surface area contributed by atoms with Crippen LogP contribution in [-0.2, 0) is 0 Å². The molecule has 0 heterocycles. The van der Waals surface area contributed by atoms with Crippen LogP contribution in [0.5, 0.6) is 0 Å². The van der Waals surface area contributed by atoms with Crippen LogP contribution in [0.1, 0.15) is 32.1 Å². The standard InChI is InChI=1S/C10H14F2/c11-9-8-2-6-1-7(3-8)5-10(9,12)4-6/h6-9H,1-5H2/t6-,7+,8?,9-,10?/m0/s1. The predicted molar refractivity (Wildman–Crippen MR) is 42.3 cm³/mol. The van der Waals surface area contributed by atoms with Crippen molar-refractivity contribution < 1.29 is 8.78 Å². The summed E-state index contributed by atoms with van der Waals surface area (Å²) in [5.74, 6) is 1.10. The Morgan fingerprint density at radius 2 is 1.58 bits per heavy atom. The average Bonchev–Trinajstić information content (AvgIpc) is 1.98. The van der Waals surface area contributed by atoms with E-state index in [0.717, 1.165) is 12.8 Å². The van der Waals surface area contributed by atoms with Crippen molar-refractivity contribution in [3.63, 3.8) is 0 Å². The molecule has 4 rings (SSSR count). The van der Waals surface area contributed by atoms with Gasteiger partial charge in [-0.3, -0.25) is 0 Å². The quantitative estimate of drug-likeness (QED) is 0.527. The summed E-state index contributed by atoms with van der Waals surface area (Å²) in [6.07, 6.45) is 2.99. The van der Waals surface area contributed by atoms with E-state index in [4.69, 9.17) is 0 Å². The highest BCUT2D eigenvalue weighted by molar-refractivity contribution is 5.07. The molecule has 0 aromatic heterocycles. The first kappa shape index (κ1) is 7.28. The molecule has 2 heteroatoms. The Morgan fingerprint density at radius 3 is 2.08 bits per heavy atom. The van der Waals surface area contributed by atoms with Gasteiger partial charge in [-0.15, -0.1) is 0 Å². The highest BCUT2D eigenvalue weighted by Gasteiger charge is 2.58. The lowest BCUT2D eigenvalue weighted by molar-refractivity contribution is -0.134. The monoisotopic (exact) mass is 172 g/mol. The SMILES string of the molecule is F[C@H]1C2C[C@@H]3C[C@H](C2)CC1(F)C3. The molecule has 4 fully saturated rings. The summed E-state index contributed by atoms with van der Waals surface area (Å²) in [6, 6.07) is 0. The summed E-state index contributed by atoms with van der Waals surface area (Å²) in [5.41, 5.74) is -1.41. The lowest BCUT2D eigenvalue weighted by Gasteiger charge is -2.54. The van der Waals surface area contributed by atoms with Crippen LogP contribution in [-0.4, -0.2) is 11.8 Å². The van der Waals surface area contributed by atoms with Crippen molar-refractivity contribution in [3.8, 4) is 0 Å². The molecule has 0 nitrogen and oxygen atoms in total. The Kier molecular flexibility index (Phi) is 1.23. The van der Waals surface area contributed by atoms with Gasteiger partial charge < -0.3 is 0 Å². The van der Waals surface area contributed by atoms with Gasteiger partial charge in [0.15, 0.2) is 0 Å². The zero-order valence-electron chi connectivity index (χ0n) is 7.10. The summed E-state index contributed by atoms with van der Waals surface area (Å²) in [7, 11) is 0. The number of alkyl halides is 2. The van der Waals surface area contributed by atoms with E-state index in [0.29, 0.717) is 24.7 Å². The molecule has 0 aromatic rings. The first-order valence-corrected chi connectivity index (χ1v) is 5.00. The van der Waals surface area contributed by atoms with Crippen LogP contribution in [0.15, 0.2) is 0 Å². The first-order valence-electron chi connectivity index (χ1n) is 5.00. The minimum Gasteiger partial charge on any atom is -0.244 e. The fourth-order valence-electron chi connectivity index (χ4n) is 3.88. The van der Waals surface area contributed by atoms with E-state index in [1.54, 1.807) is 0 Å². The molecule has 0 amide bonds. The Labute approximate surface area is 71.3 Å². The van der Waals surface area contributed by atoms with E-state index in [1.165, 1.54) is 6.42 Å². The maximum Gasteiger partial charge on any atom is 0.142 e. The predicted octanol–water partition coefficient (Wildman–Crippen LogP) is 2.87. The highest BCUT2D eigenvalue weighted by atomic mass is 19.2. The minimum atomic E-state index is -1.41. The van der Waals surface area contributed by atoms with Crippen LogP contribution in [0.3, 0.4) is 0 Å². The first-order chi connectivity index (χ1) is 5.67. The summed E-state index contributed by atoms with van der Waals surface area (Å²) >= 11 is 0. The van der Waals surface area contributed by atoms with Crippen LogP contribution in [0.25, 0.3) is 0 Å². The normalized spacial score (nSPS) is 62.5. The van der Waals surface area contributed by atoms with E-state index in [9.17, 15) is 8.78 Å². The van der Waals surface area contributed by atoms with E-state index in [-0.39, 0.29) is 5.92 Å². The zero-order valence-corrected chi connectivity index (χ0v) is 7.10. The van der Waals surface area contributed by atoms with Crippen molar-refractivity contribution >= 4 is 0 Å². The number of hydrogen-bond acceptors (Lipinski definition) is 0. The lowest BCUT2D eigenvalue weighted by atomic mass is 9.54. The van der Waals surface area contributed by atoms with Crippen LogP contribution >= 0.6 is 0 Å². The van der Waals surface area contributed by atoms with Gasteiger partial charge in [0, 0.05) is 0 Å². The second kappa shape index (κ2) is 2.02. The summed E-state index contributed by atoms with van der Waals surface area (Å²) < 4.78 is 27.4. The fourth-order valence-corrected chi connectivity index (χ4v) is 3.88.